The van der Waals surface area contributed by atoms with Crippen molar-refractivity contribution in [3.8, 4) is 0 Å². The van der Waals surface area contributed by atoms with E-state index in [1.54, 1.807) is 0 Å². The van der Waals surface area contributed by atoms with Crippen LogP contribution in [0.2, 0.25) is 0 Å². The third kappa shape index (κ3) is 1.90. The van der Waals surface area contributed by atoms with E-state index in [0.29, 0.717) is 0 Å². The molecule has 0 fully saturated rings. The van der Waals surface area contributed by atoms with E-state index >= 15 is 0 Å². The van der Waals surface area contributed by atoms with Crippen LogP contribution < -0.4 is 5.30 Å². The van der Waals surface area contributed by atoms with Gasteiger partial charge in [0.2, 0.25) is 0 Å². The van der Waals surface area contributed by atoms with Crippen LogP contribution in [0.5, 0.6) is 0 Å². The van der Waals surface area contributed by atoms with E-state index in [-0.39, 0.29) is 7.21 Å². The van der Waals surface area contributed by atoms with Gasteiger partial charge in [-0.2, -0.15) is 0 Å². The smallest absolute Gasteiger partial charge is 0.0619 e. The summed E-state index contributed by atoms with van der Waals surface area (Å²) in [7, 11) is 3.50. The lowest BCUT2D eigenvalue weighted by molar-refractivity contribution is 1.78. The summed E-state index contributed by atoms with van der Waals surface area (Å²) in [4.78, 5) is 0. The van der Waals surface area contributed by atoms with Crippen LogP contribution in [-0.2, 0) is 0 Å². The number of benzene rings is 1. The molecule has 0 aromatic heterocycles. The summed E-state index contributed by atoms with van der Waals surface area (Å²) in [5, 5.41) is 1.39. The molecule has 1 rings (SSSR count). The Balaban J connectivity index is 2.98. The Morgan fingerprint density at radius 2 is 1.78 bits per heavy atom. The molecule has 0 N–H and O–H groups in total. The van der Waals surface area contributed by atoms with Gasteiger partial charge in [-0.05, 0) is 12.1 Å². The Kier molecular flexibility index (Phi) is 2.39. The zero-order valence-corrected chi connectivity index (χ0v) is 7.23. The number of hydrogen-bond donors (Lipinski definition) is 0. The van der Waals surface area contributed by atoms with Gasteiger partial charge in [0, 0.05) is 0 Å². The lowest BCUT2D eigenvalue weighted by Crippen LogP contribution is -1.89. The minimum atomic E-state index is -0.0900. The van der Waals surface area contributed by atoms with Crippen molar-refractivity contribution >= 4 is 21.0 Å². The summed E-state index contributed by atoms with van der Waals surface area (Å²) in [6.45, 7) is 2.18. The number of rotatable bonds is 1. The molecule has 1 aromatic rings. The predicted octanol–water partition coefficient (Wildman–Crippen LogP) is 2.48. The van der Waals surface area contributed by atoms with Crippen LogP contribution in [-0.4, -0.2) is 6.66 Å². The molecule has 1 unspecified atom stereocenters. The maximum Gasteiger partial charge on any atom is 0.150 e. The molecule has 9 heavy (non-hydrogen) atoms. The molecule has 0 saturated carbocycles. The summed E-state index contributed by atoms with van der Waals surface area (Å²) in [6, 6.07) is 10.4. The van der Waals surface area contributed by atoms with E-state index in [1.807, 2.05) is 6.07 Å². The van der Waals surface area contributed by atoms with Crippen molar-refractivity contribution in [2.24, 2.45) is 0 Å². The van der Waals surface area contributed by atoms with Crippen molar-refractivity contribution in [3.63, 3.8) is 0 Å². The SMILES string of the molecule is C[P+](=P)c1ccccc1. The molecule has 0 spiro atoms. The maximum atomic E-state index is 3.59. The standard InChI is InChI=1S/C7H9P2/c1-9(8)7-5-3-2-4-6-7/h2-6,8H,1H3/q+1. The Morgan fingerprint density at radius 1 is 1.22 bits per heavy atom. The van der Waals surface area contributed by atoms with Crippen molar-refractivity contribution in [1.29, 1.82) is 0 Å². The van der Waals surface area contributed by atoms with Gasteiger partial charge in [0.25, 0.3) is 0 Å². The van der Waals surface area contributed by atoms with E-state index < -0.39 is 0 Å². The van der Waals surface area contributed by atoms with Crippen molar-refractivity contribution in [3.05, 3.63) is 30.3 Å². The van der Waals surface area contributed by atoms with E-state index in [1.165, 1.54) is 5.30 Å². The first-order chi connectivity index (χ1) is 4.30. The fourth-order valence-electron chi connectivity index (χ4n) is 0.652. The van der Waals surface area contributed by atoms with Crippen LogP contribution in [0.25, 0.3) is 0 Å². The van der Waals surface area contributed by atoms with Gasteiger partial charge < -0.3 is 0 Å². The Bertz CT molecular complexity index is 203. The van der Waals surface area contributed by atoms with Crippen molar-refractivity contribution < 1.29 is 0 Å². The highest BCUT2D eigenvalue weighted by Crippen LogP contribution is 2.19. The van der Waals surface area contributed by atoms with Crippen LogP contribution >= 0.6 is 15.7 Å². The van der Waals surface area contributed by atoms with Crippen LogP contribution in [0.15, 0.2) is 30.3 Å². The molecule has 0 heterocycles. The minimum absolute atomic E-state index is 0.0900. The van der Waals surface area contributed by atoms with E-state index in [0.717, 1.165) is 0 Å². The van der Waals surface area contributed by atoms with Crippen LogP contribution in [0.1, 0.15) is 0 Å². The Hall–Kier alpha value is -0.180. The molecule has 2 heteroatoms. The average molecular weight is 155 g/mol. The second-order valence-corrected chi connectivity index (χ2v) is 5.54. The van der Waals surface area contributed by atoms with Crippen molar-refractivity contribution in [2.75, 3.05) is 6.66 Å². The molecular weight excluding hydrogens is 146 g/mol. The first-order valence-corrected chi connectivity index (χ1v) is 5.94. The third-order valence-corrected chi connectivity index (χ3v) is 2.99. The van der Waals surface area contributed by atoms with Gasteiger partial charge >= 0.3 is 0 Å². The molecule has 46 valence electrons. The molecule has 0 radical (unpaired) electrons. The van der Waals surface area contributed by atoms with Crippen LogP contribution in [0.3, 0.4) is 0 Å². The monoisotopic (exact) mass is 155 g/mol. The van der Waals surface area contributed by atoms with Crippen LogP contribution in [0.4, 0.5) is 0 Å². The summed E-state index contributed by atoms with van der Waals surface area (Å²) in [5.74, 6) is 0. The highest BCUT2D eigenvalue weighted by Gasteiger charge is 1.99. The highest BCUT2D eigenvalue weighted by atomic mass is 31.7. The lowest BCUT2D eigenvalue weighted by Gasteiger charge is -1.83. The van der Waals surface area contributed by atoms with Crippen LogP contribution in [0, 0.1) is 0 Å². The summed E-state index contributed by atoms with van der Waals surface area (Å²) in [6.07, 6.45) is 0. The molecule has 0 aliphatic rings. The van der Waals surface area contributed by atoms with E-state index in [2.05, 4.69) is 39.5 Å². The molecule has 0 amide bonds. The molecule has 0 saturated heterocycles. The summed E-state index contributed by atoms with van der Waals surface area (Å²) in [5.41, 5.74) is 0. The second kappa shape index (κ2) is 3.11. The van der Waals surface area contributed by atoms with Gasteiger partial charge in [-0.25, -0.2) is 0 Å². The topological polar surface area (TPSA) is 0 Å². The maximum absolute atomic E-state index is 3.59. The van der Waals surface area contributed by atoms with Gasteiger partial charge in [-0.1, -0.05) is 18.2 Å². The lowest BCUT2D eigenvalue weighted by atomic mass is 10.4. The Labute approximate surface area is 58.7 Å². The summed E-state index contributed by atoms with van der Waals surface area (Å²) >= 11 is 0. The molecule has 0 aliphatic heterocycles. The van der Waals surface area contributed by atoms with Gasteiger partial charge in [-0.15, -0.1) is 0 Å². The fraction of sp³-hybridized carbons (Fsp3) is 0.143. The van der Waals surface area contributed by atoms with Crippen molar-refractivity contribution in [2.45, 2.75) is 0 Å². The molecule has 1 atom stereocenters. The molecule has 1 aromatic carbocycles. The predicted molar refractivity (Wildman–Crippen MR) is 47.2 cm³/mol. The van der Waals surface area contributed by atoms with Gasteiger partial charge in [-0.3, -0.25) is 0 Å². The first-order valence-electron chi connectivity index (χ1n) is 2.81. The molecule has 0 bridgehead atoms. The fourth-order valence-corrected chi connectivity index (χ4v) is 1.72. The zero-order valence-electron chi connectivity index (χ0n) is 5.33. The largest absolute Gasteiger partial charge is 0.150 e. The number of hydrogen-bond acceptors (Lipinski definition) is 0. The average Bonchev–Trinajstić information content (AvgIpc) is 1.90. The molecule has 0 aliphatic carbocycles. The first kappa shape index (κ1) is 6.93. The van der Waals surface area contributed by atoms with E-state index in [9.17, 15) is 0 Å². The van der Waals surface area contributed by atoms with E-state index in [4.69, 9.17) is 0 Å². The zero-order chi connectivity index (χ0) is 6.69. The Morgan fingerprint density at radius 3 is 2.11 bits per heavy atom. The third-order valence-electron chi connectivity index (χ3n) is 1.14. The van der Waals surface area contributed by atoms with Gasteiger partial charge in [0.15, 0.2) is 5.30 Å². The van der Waals surface area contributed by atoms with Gasteiger partial charge in [0.05, 0.1) is 0 Å². The normalized spacial score (nSPS) is 11.0. The highest BCUT2D eigenvalue weighted by molar-refractivity contribution is 7.90. The molecular formula is C7H9P2+. The van der Waals surface area contributed by atoms with Gasteiger partial charge in [0.1, 0.15) is 22.4 Å². The minimum Gasteiger partial charge on any atom is -0.0619 e. The quantitative estimate of drug-likeness (QED) is 0.546. The summed E-state index contributed by atoms with van der Waals surface area (Å²) < 4.78 is 0. The second-order valence-electron chi connectivity index (χ2n) is 1.89. The molecule has 0 nitrogen and oxygen atoms in total. The van der Waals surface area contributed by atoms with Crippen molar-refractivity contribution in [1.82, 2.24) is 0 Å².